The van der Waals surface area contributed by atoms with Crippen molar-refractivity contribution in [3.63, 3.8) is 0 Å². The topological polar surface area (TPSA) is 88.2 Å². The Morgan fingerprint density at radius 1 is 1.41 bits per heavy atom. The van der Waals surface area contributed by atoms with Crippen LogP contribution in [0.25, 0.3) is 0 Å². The summed E-state index contributed by atoms with van der Waals surface area (Å²) in [6.45, 7) is 1.22. The SMILES string of the molecule is [2H]c1sc(N)nc1C([2H])([2H])C(=O)Nc1ccc(C([2H])([2H])C([2H])([2H])CC([2H])([2H])[C@]([2H])(O)c2c([2H])c([2H])c([2H])c(C)c2[2H])cc1. The highest BCUT2D eigenvalue weighted by atomic mass is 32.1. The highest BCUT2D eigenvalue weighted by Gasteiger charge is 2.08. The molecule has 0 unspecified atom stereocenters. The minimum atomic E-state index is -3.48. The number of amides is 1. The van der Waals surface area contributed by atoms with E-state index in [-0.39, 0.29) is 27.3 Å². The first-order valence-electron chi connectivity index (χ1n) is 15.4. The molecule has 0 saturated heterocycles. The van der Waals surface area contributed by atoms with Crippen LogP contribution in [0.4, 0.5) is 10.8 Å². The smallest absolute Gasteiger partial charge is 0.230 e. The van der Waals surface area contributed by atoms with Gasteiger partial charge < -0.3 is 16.2 Å². The Kier molecular flexibility index (Phi) is 3.30. The molecule has 29 heavy (non-hydrogen) atoms. The number of aliphatic hydroxyl groups is 1. The second-order valence-electron chi connectivity index (χ2n) is 5.66. The van der Waals surface area contributed by atoms with Gasteiger partial charge in [0.1, 0.15) is 0 Å². The lowest BCUT2D eigenvalue weighted by Gasteiger charge is -2.11. The molecule has 5 nitrogen and oxygen atoms in total. The van der Waals surface area contributed by atoms with Crippen molar-refractivity contribution in [1.29, 1.82) is 0 Å². The molecule has 1 aromatic heterocycles. The summed E-state index contributed by atoms with van der Waals surface area (Å²) >= 11 is 0.681. The van der Waals surface area contributed by atoms with E-state index in [0.29, 0.717) is 11.3 Å². The summed E-state index contributed by atoms with van der Waals surface area (Å²) in [6.07, 6.45) is -17.1. The van der Waals surface area contributed by atoms with Gasteiger partial charge in [0.25, 0.3) is 0 Å². The van der Waals surface area contributed by atoms with Gasteiger partial charge in [-0.2, -0.15) is 0 Å². The summed E-state index contributed by atoms with van der Waals surface area (Å²) in [4.78, 5) is 16.3. The molecule has 0 aliphatic heterocycles. The molecule has 1 amide bonds. The molecule has 1 atom stereocenters. The molecular weight excluding hydrogens is 382 g/mol. The summed E-state index contributed by atoms with van der Waals surface area (Å²) in [5.74, 6) is -1.20. The fourth-order valence-electron chi connectivity index (χ4n) is 2.14. The van der Waals surface area contributed by atoms with E-state index in [9.17, 15) is 9.90 Å². The summed E-state index contributed by atoms with van der Waals surface area (Å²) < 4.78 is 115. The number of thiazole rings is 1. The molecule has 6 heteroatoms. The summed E-state index contributed by atoms with van der Waals surface area (Å²) in [6, 6.07) is 1.43. The highest BCUT2D eigenvalue weighted by molar-refractivity contribution is 7.13. The van der Waals surface area contributed by atoms with E-state index in [0.717, 1.165) is 24.3 Å². The van der Waals surface area contributed by atoms with Crippen LogP contribution in [0, 0.1) is 6.92 Å². The van der Waals surface area contributed by atoms with Crippen molar-refractivity contribution in [3.05, 3.63) is 76.2 Å². The number of nitrogens with zero attached hydrogens (tertiary/aromatic N) is 1. The molecule has 3 aromatic rings. The quantitative estimate of drug-likeness (QED) is 0.467. The lowest BCUT2D eigenvalue weighted by atomic mass is 10.00. The molecule has 0 radical (unpaired) electrons. The number of hydrogen-bond acceptors (Lipinski definition) is 5. The van der Waals surface area contributed by atoms with Gasteiger partial charge in [-0.1, -0.05) is 48.3 Å². The Hall–Kier alpha value is -2.70. The first kappa shape index (κ1) is 9.41. The largest absolute Gasteiger partial charge is 0.388 e. The van der Waals surface area contributed by atoms with Gasteiger partial charge >= 0.3 is 0 Å². The number of hydrogen-bond donors (Lipinski definition) is 3. The zero-order valence-corrected chi connectivity index (χ0v) is 16.1. The number of rotatable bonds is 9. The fourth-order valence-corrected chi connectivity index (χ4v) is 2.57. The van der Waals surface area contributed by atoms with E-state index < -0.39 is 79.3 Å². The fraction of sp³-hybridized carbons (Fsp3) is 0.304. The summed E-state index contributed by atoms with van der Waals surface area (Å²) in [7, 11) is 0. The van der Waals surface area contributed by atoms with Crippen LogP contribution in [0.2, 0.25) is 0 Å². The average Bonchev–Trinajstić information content (AvgIpc) is 3.24. The van der Waals surface area contributed by atoms with Gasteiger partial charge in [-0.25, -0.2) is 4.98 Å². The van der Waals surface area contributed by atoms with Crippen molar-refractivity contribution in [1.82, 2.24) is 4.98 Å². The molecule has 0 bridgehead atoms. The number of aryl methyl sites for hydroxylation is 1. The average molecular weight is 424 g/mol. The molecule has 0 spiro atoms. The predicted octanol–water partition coefficient (Wildman–Crippen LogP) is 4.66. The van der Waals surface area contributed by atoms with E-state index in [2.05, 4.69) is 10.3 Å². The number of anilines is 2. The summed E-state index contributed by atoms with van der Waals surface area (Å²) in [5.41, 5.74) is 3.48. The normalized spacial score (nSPS) is 22.0. The Balaban J connectivity index is 1.88. The number of carbonyl (C=O) groups excluding carboxylic acids is 1. The predicted molar refractivity (Wildman–Crippen MR) is 119 cm³/mol. The van der Waals surface area contributed by atoms with Crippen LogP contribution in [-0.2, 0) is 17.5 Å². The number of aromatic nitrogens is 1. The maximum atomic E-state index is 12.6. The highest BCUT2D eigenvalue weighted by Crippen LogP contribution is 2.21. The van der Waals surface area contributed by atoms with Gasteiger partial charge in [-0.15, -0.1) is 11.3 Å². The standard InChI is InChI=1S/C23H27N3O2S/c1-16-5-4-7-18(13-16)21(27)8-3-2-6-17-9-11-19(12-10-17)25-22(28)14-20-15-29-23(24)26-20/h4-5,7,9-13,15,21,27H,2-3,6,8,14H2,1H3,(H2,24,26)(H,25,28)/t21-/m0/s1/i2D2,4D,5D,6D2,7D,8D2,13D,14D2,15D,21D. The second kappa shape index (κ2) is 10.2. The van der Waals surface area contributed by atoms with Crippen LogP contribution in [0.5, 0.6) is 0 Å². The van der Waals surface area contributed by atoms with E-state index in [1.54, 1.807) is 0 Å². The van der Waals surface area contributed by atoms with E-state index >= 15 is 0 Å². The Bertz CT molecular complexity index is 1530. The summed E-state index contributed by atoms with van der Waals surface area (Å²) in [5, 5.41) is 12.7. The molecule has 0 aliphatic rings. The molecule has 4 N–H and O–H groups in total. The third-order valence-electron chi connectivity index (χ3n) is 3.41. The van der Waals surface area contributed by atoms with Gasteiger partial charge in [-0.05, 0) is 49.3 Å². The van der Waals surface area contributed by atoms with Crippen molar-refractivity contribution < 1.29 is 29.1 Å². The molecule has 3 rings (SSSR count). The maximum Gasteiger partial charge on any atom is 0.230 e. The first-order valence-corrected chi connectivity index (χ1v) is 9.17. The Morgan fingerprint density at radius 2 is 2.21 bits per heavy atom. The van der Waals surface area contributed by atoms with Crippen molar-refractivity contribution in [3.8, 4) is 0 Å². The van der Waals surface area contributed by atoms with Crippen molar-refractivity contribution in [2.75, 3.05) is 11.1 Å². The van der Waals surface area contributed by atoms with Crippen LogP contribution in [-0.4, -0.2) is 16.0 Å². The number of nitrogens with two attached hydrogens (primary N) is 1. The van der Waals surface area contributed by atoms with Crippen LogP contribution in [0.3, 0.4) is 0 Å². The van der Waals surface area contributed by atoms with Gasteiger partial charge in [-0.3, -0.25) is 4.79 Å². The Labute approximate surface area is 195 Å². The molecule has 0 saturated carbocycles. The first-order chi connectivity index (χ1) is 19.4. The minimum Gasteiger partial charge on any atom is -0.388 e. The molecule has 0 fully saturated rings. The van der Waals surface area contributed by atoms with Gasteiger partial charge in [0, 0.05) is 22.0 Å². The van der Waals surface area contributed by atoms with Crippen molar-refractivity contribution in [2.24, 2.45) is 0 Å². The molecule has 1 heterocycles. The second-order valence-corrected chi connectivity index (χ2v) is 6.49. The third-order valence-corrected chi connectivity index (χ3v) is 4.01. The molecule has 152 valence electrons. The zero-order chi connectivity index (χ0) is 33.1. The third kappa shape index (κ3) is 6.69. The lowest BCUT2D eigenvalue weighted by Crippen LogP contribution is -2.14. The van der Waals surface area contributed by atoms with Crippen LogP contribution < -0.4 is 11.1 Å². The van der Waals surface area contributed by atoms with Crippen molar-refractivity contribution >= 4 is 28.1 Å². The number of nitrogens with one attached hydrogen (secondary N) is 1. The van der Waals surface area contributed by atoms with Crippen LogP contribution in [0.1, 0.15) is 66.8 Å². The van der Waals surface area contributed by atoms with Crippen molar-refractivity contribution in [2.45, 2.75) is 44.9 Å². The van der Waals surface area contributed by atoms with E-state index in [1.807, 2.05) is 0 Å². The number of nitrogen functional groups attached to an aromatic ring is 1. The van der Waals surface area contributed by atoms with E-state index in [1.165, 1.54) is 6.92 Å². The Morgan fingerprint density at radius 3 is 2.93 bits per heavy atom. The number of carbonyl (C=O) groups is 1. The lowest BCUT2D eigenvalue weighted by molar-refractivity contribution is -0.115. The van der Waals surface area contributed by atoms with Gasteiger partial charge in [0.2, 0.25) is 5.91 Å². The van der Waals surface area contributed by atoms with E-state index in [4.69, 9.17) is 24.9 Å². The maximum absolute atomic E-state index is 12.6. The van der Waals surface area contributed by atoms with Gasteiger partial charge in [0.05, 0.1) is 26.4 Å². The number of benzene rings is 2. The molecule has 0 aliphatic carbocycles. The van der Waals surface area contributed by atoms with Crippen LogP contribution in [0.15, 0.2) is 53.8 Å². The monoisotopic (exact) mass is 423 g/mol. The minimum absolute atomic E-state index is 0.0232. The van der Waals surface area contributed by atoms with Crippen LogP contribution >= 0.6 is 11.3 Å². The molecule has 2 aromatic carbocycles. The zero-order valence-electron chi connectivity index (χ0n) is 29.3. The van der Waals surface area contributed by atoms with Gasteiger partial charge in [0.15, 0.2) is 5.13 Å². The molecular formula is C23H27N3O2S.